The molecular weight excluding hydrogens is 393 g/mol. The molecule has 1 aromatic carbocycles. The Morgan fingerprint density at radius 3 is 2.58 bits per heavy atom. The molecule has 0 atom stereocenters. The van der Waals surface area contributed by atoms with E-state index in [-0.39, 0.29) is 5.15 Å². The molecule has 0 saturated heterocycles. The summed E-state index contributed by atoms with van der Waals surface area (Å²) in [6.45, 7) is 4.66. The SMILES string of the molecule is Cc1nn(Cc2ccccc2)c(C)c1/C=N\Nc1nc(Cl)c(Cl)cc1Cl. The van der Waals surface area contributed by atoms with Gasteiger partial charge < -0.3 is 0 Å². The highest BCUT2D eigenvalue weighted by Crippen LogP contribution is 2.28. The first-order chi connectivity index (χ1) is 12.5. The van der Waals surface area contributed by atoms with Crippen LogP contribution in [0.15, 0.2) is 41.5 Å². The Hall–Kier alpha value is -2.08. The standard InChI is InChI=1S/C18H16Cl3N5/c1-11-14(9-22-24-18-16(20)8-15(19)17(21)23-18)12(2)26(25-11)10-13-6-4-3-5-7-13/h3-9H,10H2,1-2H3,(H,23,24)/b22-9-. The van der Waals surface area contributed by atoms with Gasteiger partial charge in [-0.15, -0.1) is 0 Å². The van der Waals surface area contributed by atoms with Gasteiger partial charge in [-0.3, -0.25) is 10.1 Å². The monoisotopic (exact) mass is 407 g/mol. The van der Waals surface area contributed by atoms with Crippen LogP contribution in [0.5, 0.6) is 0 Å². The van der Waals surface area contributed by atoms with E-state index in [1.54, 1.807) is 6.21 Å². The minimum atomic E-state index is 0.164. The first-order valence-electron chi connectivity index (χ1n) is 7.84. The molecule has 8 heteroatoms. The minimum Gasteiger partial charge on any atom is -0.265 e. The number of benzene rings is 1. The number of anilines is 1. The van der Waals surface area contributed by atoms with Crippen LogP contribution >= 0.6 is 34.8 Å². The number of halogens is 3. The van der Waals surface area contributed by atoms with Gasteiger partial charge in [0.15, 0.2) is 5.82 Å². The van der Waals surface area contributed by atoms with Crippen molar-refractivity contribution in [2.24, 2.45) is 5.10 Å². The molecule has 134 valence electrons. The van der Waals surface area contributed by atoms with Crippen molar-refractivity contribution in [2.75, 3.05) is 5.43 Å². The molecule has 0 bridgehead atoms. The molecule has 0 aliphatic carbocycles. The van der Waals surface area contributed by atoms with Gasteiger partial charge in [0.05, 0.1) is 28.5 Å². The van der Waals surface area contributed by atoms with Crippen LogP contribution in [0, 0.1) is 13.8 Å². The quantitative estimate of drug-likeness (QED) is 0.352. The molecule has 0 spiro atoms. The third kappa shape index (κ3) is 4.18. The van der Waals surface area contributed by atoms with Gasteiger partial charge in [0.2, 0.25) is 0 Å². The minimum absolute atomic E-state index is 0.164. The van der Waals surface area contributed by atoms with Gasteiger partial charge in [-0.25, -0.2) is 4.98 Å². The third-order valence-electron chi connectivity index (χ3n) is 3.86. The normalized spacial score (nSPS) is 11.3. The second-order valence-electron chi connectivity index (χ2n) is 5.69. The van der Waals surface area contributed by atoms with Crippen molar-refractivity contribution in [3.05, 3.63) is 74.1 Å². The molecule has 0 aliphatic rings. The zero-order valence-electron chi connectivity index (χ0n) is 14.2. The van der Waals surface area contributed by atoms with Crippen molar-refractivity contribution in [1.29, 1.82) is 0 Å². The predicted molar refractivity (Wildman–Crippen MR) is 108 cm³/mol. The zero-order chi connectivity index (χ0) is 18.7. The Balaban J connectivity index is 1.78. The Morgan fingerprint density at radius 1 is 1.12 bits per heavy atom. The van der Waals surface area contributed by atoms with E-state index in [0.717, 1.165) is 17.0 Å². The largest absolute Gasteiger partial charge is 0.265 e. The molecule has 5 nitrogen and oxygen atoms in total. The summed E-state index contributed by atoms with van der Waals surface area (Å²) < 4.78 is 1.95. The van der Waals surface area contributed by atoms with Crippen molar-refractivity contribution in [3.63, 3.8) is 0 Å². The van der Waals surface area contributed by atoms with Gasteiger partial charge in [-0.1, -0.05) is 65.1 Å². The summed E-state index contributed by atoms with van der Waals surface area (Å²) in [6.07, 6.45) is 1.69. The molecule has 1 N–H and O–H groups in total. The van der Waals surface area contributed by atoms with E-state index in [2.05, 4.69) is 32.7 Å². The fourth-order valence-electron chi connectivity index (χ4n) is 2.49. The van der Waals surface area contributed by atoms with Crippen molar-refractivity contribution < 1.29 is 0 Å². The summed E-state index contributed by atoms with van der Waals surface area (Å²) in [5, 5.41) is 9.59. The number of hydrazone groups is 1. The van der Waals surface area contributed by atoms with Crippen LogP contribution in [0.1, 0.15) is 22.5 Å². The number of hydrogen-bond donors (Lipinski definition) is 1. The van der Waals surface area contributed by atoms with Crippen LogP contribution in [-0.2, 0) is 6.54 Å². The number of aryl methyl sites for hydroxylation is 1. The number of rotatable bonds is 5. The van der Waals surface area contributed by atoms with E-state index >= 15 is 0 Å². The lowest BCUT2D eigenvalue weighted by atomic mass is 10.2. The van der Waals surface area contributed by atoms with Gasteiger partial charge in [0.25, 0.3) is 0 Å². The maximum Gasteiger partial charge on any atom is 0.166 e. The summed E-state index contributed by atoms with van der Waals surface area (Å²) in [5.41, 5.74) is 6.82. The molecule has 0 saturated carbocycles. The molecule has 2 aromatic heterocycles. The lowest BCUT2D eigenvalue weighted by Crippen LogP contribution is -2.04. The highest BCUT2D eigenvalue weighted by molar-refractivity contribution is 6.42. The summed E-state index contributed by atoms with van der Waals surface area (Å²) in [4.78, 5) is 4.07. The molecule has 3 aromatic rings. The number of aromatic nitrogens is 3. The van der Waals surface area contributed by atoms with Crippen molar-refractivity contribution >= 4 is 46.8 Å². The second-order valence-corrected chi connectivity index (χ2v) is 6.86. The third-order valence-corrected chi connectivity index (χ3v) is 4.82. The predicted octanol–water partition coefficient (Wildman–Crippen LogP) is 5.35. The van der Waals surface area contributed by atoms with Crippen molar-refractivity contribution in [2.45, 2.75) is 20.4 Å². The molecular formula is C18H16Cl3N5. The Morgan fingerprint density at radius 2 is 1.85 bits per heavy atom. The molecule has 0 amide bonds. The Labute approximate surface area is 166 Å². The van der Waals surface area contributed by atoms with Gasteiger partial charge in [-0.05, 0) is 25.5 Å². The fourth-order valence-corrected chi connectivity index (χ4v) is 3.03. The van der Waals surface area contributed by atoms with Crippen molar-refractivity contribution in [1.82, 2.24) is 14.8 Å². The van der Waals surface area contributed by atoms with Crippen LogP contribution in [0.4, 0.5) is 5.82 Å². The molecule has 0 unspecified atom stereocenters. The fraction of sp³-hybridized carbons (Fsp3) is 0.167. The summed E-state index contributed by atoms with van der Waals surface area (Å²) >= 11 is 17.9. The number of hydrogen-bond acceptors (Lipinski definition) is 4. The highest BCUT2D eigenvalue weighted by atomic mass is 35.5. The van der Waals surface area contributed by atoms with Gasteiger partial charge in [0, 0.05) is 11.3 Å². The second kappa shape index (κ2) is 8.08. The molecule has 0 fully saturated rings. The molecule has 3 rings (SSSR count). The molecule has 2 heterocycles. The first-order valence-corrected chi connectivity index (χ1v) is 8.97. The number of nitrogens with one attached hydrogen (secondary N) is 1. The van der Waals surface area contributed by atoms with E-state index in [0.29, 0.717) is 22.4 Å². The van der Waals surface area contributed by atoms with Crippen LogP contribution in [0.3, 0.4) is 0 Å². The molecule has 0 aliphatic heterocycles. The average Bonchev–Trinajstić information content (AvgIpc) is 2.87. The zero-order valence-corrected chi connectivity index (χ0v) is 16.4. The topological polar surface area (TPSA) is 55.1 Å². The summed E-state index contributed by atoms with van der Waals surface area (Å²) in [7, 11) is 0. The average molecular weight is 409 g/mol. The van der Waals surface area contributed by atoms with Crippen LogP contribution in [0.2, 0.25) is 15.2 Å². The number of pyridine rings is 1. The Bertz CT molecular complexity index is 951. The van der Waals surface area contributed by atoms with Gasteiger partial charge in [0.1, 0.15) is 5.15 Å². The van der Waals surface area contributed by atoms with E-state index in [4.69, 9.17) is 34.8 Å². The summed E-state index contributed by atoms with van der Waals surface area (Å²) in [6, 6.07) is 11.7. The molecule has 26 heavy (non-hydrogen) atoms. The lowest BCUT2D eigenvalue weighted by molar-refractivity contribution is 0.659. The Kier molecular flexibility index (Phi) is 5.81. The van der Waals surface area contributed by atoms with Crippen molar-refractivity contribution in [3.8, 4) is 0 Å². The van der Waals surface area contributed by atoms with Gasteiger partial charge in [-0.2, -0.15) is 10.2 Å². The van der Waals surface area contributed by atoms with Crippen LogP contribution in [0.25, 0.3) is 0 Å². The van der Waals surface area contributed by atoms with E-state index in [1.807, 2.05) is 36.7 Å². The van der Waals surface area contributed by atoms with Crippen LogP contribution < -0.4 is 5.43 Å². The maximum absolute atomic E-state index is 6.08. The highest BCUT2D eigenvalue weighted by Gasteiger charge is 2.11. The van der Waals surface area contributed by atoms with Gasteiger partial charge >= 0.3 is 0 Å². The van der Waals surface area contributed by atoms with Crippen LogP contribution in [-0.4, -0.2) is 21.0 Å². The van der Waals surface area contributed by atoms with E-state index in [1.165, 1.54) is 11.6 Å². The first kappa shape index (κ1) is 18.7. The van der Waals surface area contributed by atoms with E-state index in [9.17, 15) is 0 Å². The lowest BCUT2D eigenvalue weighted by Gasteiger charge is -2.05. The smallest absolute Gasteiger partial charge is 0.166 e. The summed E-state index contributed by atoms with van der Waals surface area (Å²) in [5.74, 6) is 0.337. The van der Waals surface area contributed by atoms with E-state index < -0.39 is 0 Å². The maximum atomic E-state index is 6.08. The number of nitrogens with zero attached hydrogens (tertiary/aromatic N) is 4. The molecule has 0 radical (unpaired) electrons.